The van der Waals surface area contributed by atoms with E-state index in [-0.39, 0.29) is 19.5 Å². The fourth-order valence-corrected chi connectivity index (χ4v) is 4.06. The molecule has 2 aliphatic carbocycles. The fourth-order valence-electron chi connectivity index (χ4n) is 4.06. The Bertz CT molecular complexity index is 942. The van der Waals surface area contributed by atoms with E-state index in [0.717, 1.165) is 0 Å². The number of hydrogen-bond acceptors (Lipinski definition) is 5. The number of nitrogens with zero attached hydrogens (tertiary/aromatic N) is 3. The van der Waals surface area contributed by atoms with Crippen molar-refractivity contribution in [1.82, 2.24) is 15.2 Å². The number of piperidine rings is 1. The maximum Gasteiger partial charge on any atom is 0.407 e. The van der Waals surface area contributed by atoms with Crippen molar-refractivity contribution in [3.05, 3.63) is 30.1 Å². The lowest BCUT2D eigenvalue weighted by Crippen LogP contribution is -2.48. The molecule has 2 heterocycles. The minimum Gasteiger partial charge on any atom is -0.465 e. The van der Waals surface area contributed by atoms with Crippen LogP contribution < -0.4 is 11.1 Å². The van der Waals surface area contributed by atoms with Gasteiger partial charge in [0.1, 0.15) is 5.54 Å². The second-order valence-electron chi connectivity index (χ2n) is 9.32. The Balaban J connectivity index is 0.000000212. The fraction of sp³-hybridized carbons (Fsp3) is 0.636. The first-order valence-electron chi connectivity index (χ1n) is 10.9. The van der Waals surface area contributed by atoms with E-state index in [9.17, 15) is 27.2 Å². The Morgan fingerprint density at radius 2 is 1.91 bits per heavy atom. The lowest BCUT2D eigenvalue weighted by atomic mass is 9.93. The second kappa shape index (κ2) is 9.37. The molecular weight excluding hydrogens is 458 g/mol. The molecule has 0 unspecified atom stereocenters. The molecule has 2 amide bonds. The first-order chi connectivity index (χ1) is 15.8. The summed E-state index contributed by atoms with van der Waals surface area (Å²) in [6.45, 7) is 0.510. The Hall–Kier alpha value is -2.94. The molecule has 0 aromatic carbocycles. The molecular formula is C22H27F4N5O3. The number of likely N-dealkylation sites (tertiary alicyclic amines) is 1. The van der Waals surface area contributed by atoms with E-state index in [4.69, 9.17) is 16.1 Å². The number of carboxylic acid groups (broad SMARTS) is 1. The summed E-state index contributed by atoms with van der Waals surface area (Å²) in [6, 6.07) is 3.73. The standard InChI is InChI=1S/C14H16F2N4O.C8H11F2NO2/c15-14(16,6-10-2-1-5-19-8-10)7-11(18)12(21)20-13(9-17)3-4-13;9-8(10)5-7(8)1-3-11(4-2-7)6(12)13/h1-2,5,8,11H,3-4,6-7,18H2,(H,20,21);1-5H2,(H,12,13)/t11-;/m0./s1. The summed E-state index contributed by atoms with van der Waals surface area (Å²) >= 11 is 0. The third-order valence-electron chi connectivity index (χ3n) is 6.57. The zero-order valence-electron chi connectivity index (χ0n) is 18.4. The molecule has 0 radical (unpaired) electrons. The minimum absolute atomic E-state index is 0.0482. The molecule has 1 aliphatic heterocycles. The number of halogens is 4. The van der Waals surface area contributed by atoms with Crippen molar-refractivity contribution in [3.8, 4) is 6.07 Å². The van der Waals surface area contributed by atoms with Crippen molar-refractivity contribution in [1.29, 1.82) is 5.26 Å². The van der Waals surface area contributed by atoms with Crippen molar-refractivity contribution in [2.75, 3.05) is 13.1 Å². The monoisotopic (exact) mass is 485 g/mol. The highest BCUT2D eigenvalue weighted by Gasteiger charge is 2.70. The third kappa shape index (κ3) is 6.14. The van der Waals surface area contributed by atoms with Gasteiger partial charge in [-0.15, -0.1) is 0 Å². The predicted octanol–water partition coefficient (Wildman–Crippen LogP) is 2.93. The van der Waals surface area contributed by atoms with Gasteiger partial charge in [-0.25, -0.2) is 22.4 Å². The van der Waals surface area contributed by atoms with E-state index in [1.807, 2.05) is 6.07 Å². The SMILES string of the molecule is N#CC1(NC(=O)[C@@H](N)CC(F)(F)Cc2cccnc2)CC1.O=C(O)N1CCC2(CC1)CC2(F)F. The number of rotatable bonds is 6. The van der Waals surface area contributed by atoms with E-state index in [2.05, 4.69) is 10.3 Å². The van der Waals surface area contributed by atoms with Gasteiger partial charge in [0.25, 0.3) is 11.8 Å². The Kier molecular flexibility index (Phi) is 7.07. The summed E-state index contributed by atoms with van der Waals surface area (Å²) in [5.41, 5.74) is 4.17. The van der Waals surface area contributed by atoms with Gasteiger partial charge in [0.05, 0.1) is 12.1 Å². The first kappa shape index (κ1) is 25.7. The van der Waals surface area contributed by atoms with E-state index >= 15 is 0 Å². The number of nitriles is 1. The lowest BCUT2D eigenvalue weighted by molar-refractivity contribution is -0.125. The normalized spacial score (nSPS) is 21.9. The molecule has 34 heavy (non-hydrogen) atoms. The Morgan fingerprint density at radius 1 is 1.29 bits per heavy atom. The number of nitrogens with two attached hydrogens (primary N) is 1. The van der Waals surface area contributed by atoms with Crippen LogP contribution in [0.25, 0.3) is 0 Å². The van der Waals surface area contributed by atoms with Gasteiger partial charge >= 0.3 is 6.09 Å². The summed E-state index contributed by atoms with van der Waals surface area (Å²) in [5, 5.41) is 19.9. The van der Waals surface area contributed by atoms with Crippen molar-refractivity contribution in [2.45, 2.75) is 68.4 Å². The molecule has 1 spiro atoms. The second-order valence-corrected chi connectivity index (χ2v) is 9.32. The average molecular weight is 485 g/mol. The van der Waals surface area contributed by atoms with Crippen molar-refractivity contribution in [2.24, 2.45) is 11.1 Å². The minimum atomic E-state index is -3.11. The van der Waals surface area contributed by atoms with Gasteiger partial charge in [0.15, 0.2) is 0 Å². The van der Waals surface area contributed by atoms with Gasteiger partial charge < -0.3 is 21.1 Å². The largest absolute Gasteiger partial charge is 0.465 e. The third-order valence-corrected chi connectivity index (χ3v) is 6.57. The highest BCUT2D eigenvalue weighted by Crippen LogP contribution is 2.65. The Morgan fingerprint density at radius 3 is 2.35 bits per heavy atom. The molecule has 8 nitrogen and oxygen atoms in total. The predicted molar refractivity (Wildman–Crippen MR) is 112 cm³/mol. The van der Waals surface area contributed by atoms with Crippen LogP contribution in [0.4, 0.5) is 22.4 Å². The molecule has 4 N–H and O–H groups in total. The van der Waals surface area contributed by atoms with E-state index < -0.39 is 53.7 Å². The van der Waals surface area contributed by atoms with Crippen LogP contribution in [0, 0.1) is 16.7 Å². The maximum atomic E-state index is 13.9. The molecule has 12 heteroatoms. The van der Waals surface area contributed by atoms with Crippen LogP contribution in [-0.4, -0.2) is 63.5 Å². The van der Waals surface area contributed by atoms with Crippen LogP contribution >= 0.6 is 0 Å². The van der Waals surface area contributed by atoms with Crippen molar-refractivity contribution >= 4 is 12.0 Å². The zero-order chi connectivity index (χ0) is 25.2. The smallest absolute Gasteiger partial charge is 0.407 e. The number of alkyl halides is 4. The molecule has 3 aliphatic rings. The van der Waals surface area contributed by atoms with Crippen LogP contribution in [0.1, 0.15) is 44.1 Å². The quantitative estimate of drug-likeness (QED) is 0.531. The highest BCUT2D eigenvalue weighted by atomic mass is 19.3. The van der Waals surface area contributed by atoms with Crippen molar-refractivity contribution < 1.29 is 32.3 Å². The summed E-state index contributed by atoms with van der Waals surface area (Å²) in [5.74, 6) is -6.35. The maximum absolute atomic E-state index is 13.9. The topological polar surface area (TPSA) is 132 Å². The van der Waals surface area contributed by atoms with Crippen LogP contribution in [0.5, 0.6) is 0 Å². The molecule has 0 bridgehead atoms. The van der Waals surface area contributed by atoms with Gasteiger partial charge in [-0.1, -0.05) is 6.07 Å². The highest BCUT2D eigenvalue weighted by molar-refractivity contribution is 5.83. The number of carbonyl (C=O) groups is 2. The van der Waals surface area contributed by atoms with Crippen LogP contribution in [-0.2, 0) is 11.2 Å². The molecule has 1 atom stereocenters. The number of hydrogen-bond donors (Lipinski definition) is 3. The zero-order valence-corrected chi connectivity index (χ0v) is 18.4. The summed E-state index contributed by atoms with van der Waals surface area (Å²) < 4.78 is 53.5. The molecule has 1 saturated heterocycles. The molecule has 2 saturated carbocycles. The number of amides is 2. The van der Waals surface area contributed by atoms with Crippen LogP contribution in [0.3, 0.4) is 0 Å². The van der Waals surface area contributed by atoms with E-state index in [0.29, 0.717) is 31.2 Å². The Labute approximate surface area is 194 Å². The van der Waals surface area contributed by atoms with Crippen LogP contribution in [0.2, 0.25) is 0 Å². The van der Waals surface area contributed by atoms with Crippen LogP contribution in [0.15, 0.2) is 24.5 Å². The van der Waals surface area contributed by atoms with Gasteiger partial charge in [-0.3, -0.25) is 9.78 Å². The van der Waals surface area contributed by atoms with E-state index in [1.54, 1.807) is 12.1 Å². The van der Waals surface area contributed by atoms with Gasteiger partial charge in [0.2, 0.25) is 5.91 Å². The average Bonchev–Trinajstić information content (AvgIpc) is 3.64. The lowest BCUT2D eigenvalue weighted by Gasteiger charge is -2.29. The first-order valence-corrected chi connectivity index (χ1v) is 10.9. The molecule has 4 rings (SSSR count). The summed E-state index contributed by atoms with van der Waals surface area (Å²) in [6.07, 6.45) is 2.21. The van der Waals surface area contributed by atoms with Gasteiger partial charge in [0, 0.05) is 50.2 Å². The van der Waals surface area contributed by atoms with Gasteiger partial charge in [-0.2, -0.15) is 5.26 Å². The number of carbonyl (C=O) groups excluding carboxylic acids is 1. The summed E-state index contributed by atoms with van der Waals surface area (Å²) in [4.78, 5) is 27.2. The molecule has 1 aromatic heterocycles. The number of pyridine rings is 1. The van der Waals surface area contributed by atoms with Gasteiger partial charge in [-0.05, 0) is 37.3 Å². The molecule has 186 valence electrons. The molecule has 3 fully saturated rings. The number of nitrogens with one attached hydrogen (secondary N) is 1. The summed E-state index contributed by atoms with van der Waals surface area (Å²) in [7, 11) is 0. The van der Waals surface area contributed by atoms with E-state index in [1.165, 1.54) is 17.3 Å². The molecule has 1 aromatic rings. The van der Waals surface area contributed by atoms with Crippen molar-refractivity contribution in [3.63, 3.8) is 0 Å². The number of aromatic nitrogens is 1.